The highest BCUT2D eigenvalue weighted by Crippen LogP contribution is 2.36. The fourth-order valence-corrected chi connectivity index (χ4v) is 6.36. The molecule has 4 rings (SSSR count). The van der Waals surface area contributed by atoms with Crippen LogP contribution in [-0.4, -0.2) is 41.9 Å². The standard InChI is InChI=1S/C39H49N3O/c1-28(2)42(29(3)4)39(43)38-34(36(40-6)25-31-17-11-8-12-18-31)23-30(5)24-35(38)37(26-32-19-13-9-14-20-32)41(7)27-33-21-15-10-16-22-33/h8-24,28-29,36-37,40H,25-27H2,1-7H3/t36-,37+/m1/s1. The van der Waals surface area contributed by atoms with Gasteiger partial charge in [-0.15, -0.1) is 0 Å². The summed E-state index contributed by atoms with van der Waals surface area (Å²) in [5, 5.41) is 3.59. The molecule has 0 aliphatic heterocycles. The molecular weight excluding hydrogens is 526 g/mol. The summed E-state index contributed by atoms with van der Waals surface area (Å²) in [5.74, 6) is 0.106. The van der Waals surface area contributed by atoms with Crippen LogP contribution in [0.1, 0.15) is 83.5 Å². The highest BCUT2D eigenvalue weighted by Gasteiger charge is 2.32. The van der Waals surface area contributed by atoms with E-state index in [1.807, 2.05) is 11.9 Å². The molecule has 2 atom stereocenters. The van der Waals surface area contributed by atoms with Crippen LogP contribution >= 0.6 is 0 Å². The van der Waals surface area contributed by atoms with Crippen LogP contribution in [0.3, 0.4) is 0 Å². The molecule has 0 saturated heterocycles. The number of aryl methyl sites for hydroxylation is 1. The van der Waals surface area contributed by atoms with Crippen molar-refractivity contribution in [2.24, 2.45) is 0 Å². The molecule has 1 N–H and O–H groups in total. The number of nitrogens with zero attached hydrogens (tertiary/aromatic N) is 2. The number of benzene rings is 4. The van der Waals surface area contributed by atoms with Crippen molar-refractivity contribution in [3.8, 4) is 0 Å². The second-order valence-corrected chi connectivity index (χ2v) is 12.4. The third-order valence-electron chi connectivity index (χ3n) is 8.35. The van der Waals surface area contributed by atoms with Gasteiger partial charge >= 0.3 is 0 Å². The fourth-order valence-electron chi connectivity index (χ4n) is 6.36. The van der Waals surface area contributed by atoms with E-state index in [0.717, 1.165) is 36.1 Å². The summed E-state index contributed by atoms with van der Waals surface area (Å²) in [6, 6.07) is 36.5. The summed E-state index contributed by atoms with van der Waals surface area (Å²) in [7, 11) is 4.20. The predicted molar refractivity (Wildman–Crippen MR) is 180 cm³/mol. The van der Waals surface area contributed by atoms with Crippen molar-refractivity contribution in [3.63, 3.8) is 0 Å². The molecule has 0 spiro atoms. The number of carbonyl (C=O) groups excluding carboxylic acids is 1. The van der Waals surface area contributed by atoms with E-state index in [1.165, 1.54) is 22.3 Å². The lowest BCUT2D eigenvalue weighted by atomic mass is 9.84. The van der Waals surface area contributed by atoms with E-state index >= 15 is 0 Å². The molecule has 0 fully saturated rings. The van der Waals surface area contributed by atoms with Gasteiger partial charge in [0, 0.05) is 36.3 Å². The van der Waals surface area contributed by atoms with E-state index in [4.69, 9.17) is 0 Å². The van der Waals surface area contributed by atoms with Gasteiger partial charge in [0.1, 0.15) is 0 Å². The molecule has 0 radical (unpaired) electrons. The van der Waals surface area contributed by atoms with E-state index in [0.29, 0.717) is 0 Å². The number of amides is 1. The van der Waals surface area contributed by atoms with E-state index in [-0.39, 0.29) is 30.1 Å². The number of likely N-dealkylation sites (N-methyl/N-ethyl adjacent to an activating group) is 2. The van der Waals surface area contributed by atoms with Crippen LogP contribution in [0.25, 0.3) is 0 Å². The Morgan fingerprint density at radius 1 is 0.698 bits per heavy atom. The molecule has 0 bridgehead atoms. The van der Waals surface area contributed by atoms with Crippen molar-refractivity contribution in [3.05, 3.63) is 142 Å². The summed E-state index contributed by atoms with van der Waals surface area (Å²) in [5.41, 5.74) is 7.94. The van der Waals surface area contributed by atoms with E-state index in [2.05, 4.69) is 155 Å². The molecule has 0 aliphatic carbocycles. The van der Waals surface area contributed by atoms with E-state index in [9.17, 15) is 4.79 Å². The summed E-state index contributed by atoms with van der Waals surface area (Å²) >= 11 is 0. The maximum Gasteiger partial charge on any atom is 0.254 e. The first-order chi connectivity index (χ1) is 20.7. The maximum atomic E-state index is 14.9. The maximum absolute atomic E-state index is 14.9. The van der Waals surface area contributed by atoms with Crippen molar-refractivity contribution in [2.75, 3.05) is 14.1 Å². The van der Waals surface area contributed by atoms with Crippen molar-refractivity contribution >= 4 is 5.91 Å². The van der Waals surface area contributed by atoms with Gasteiger partial charge in [-0.3, -0.25) is 9.69 Å². The molecule has 4 aromatic rings. The monoisotopic (exact) mass is 575 g/mol. The van der Waals surface area contributed by atoms with Crippen molar-refractivity contribution in [1.82, 2.24) is 15.1 Å². The van der Waals surface area contributed by atoms with Gasteiger partial charge in [-0.2, -0.15) is 0 Å². The zero-order valence-electron chi connectivity index (χ0n) is 27.0. The first-order valence-electron chi connectivity index (χ1n) is 15.7. The Labute approximate surface area is 259 Å². The van der Waals surface area contributed by atoms with Gasteiger partial charge in [0.25, 0.3) is 5.91 Å². The Morgan fingerprint density at radius 2 is 1.16 bits per heavy atom. The van der Waals surface area contributed by atoms with Crippen LogP contribution in [0, 0.1) is 6.92 Å². The minimum Gasteiger partial charge on any atom is -0.334 e. The summed E-state index contributed by atoms with van der Waals surface area (Å²) in [6.45, 7) is 11.4. The zero-order chi connectivity index (χ0) is 30.9. The number of hydrogen-bond acceptors (Lipinski definition) is 3. The topological polar surface area (TPSA) is 35.6 Å². The number of nitrogens with one attached hydrogen (secondary N) is 1. The van der Waals surface area contributed by atoms with E-state index in [1.54, 1.807) is 0 Å². The summed E-state index contributed by atoms with van der Waals surface area (Å²) in [6.07, 6.45) is 1.60. The Balaban J connectivity index is 1.93. The Kier molecular flexibility index (Phi) is 11.3. The second-order valence-electron chi connectivity index (χ2n) is 12.4. The molecule has 4 nitrogen and oxygen atoms in total. The third kappa shape index (κ3) is 8.22. The molecule has 0 aromatic heterocycles. The molecule has 4 aromatic carbocycles. The van der Waals surface area contributed by atoms with Crippen molar-refractivity contribution < 1.29 is 4.79 Å². The molecular formula is C39H49N3O. The third-order valence-corrected chi connectivity index (χ3v) is 8.35. The first-order valence-corrected chi connectivity index (χ1v) is 15.7. The fraction of sp³-hybridized carbons (Fsp3) is 0.359. The van der Waals surface area contributed by atoms with Gasteiger partial charge in [0.05, 0.1) is 0 Å². The zero-order valence-corrected chi connectivity index (χ0v) is 27.0. The lowest BCUT2D eigenvalue weighted by molar-refractivity contribution is 0.0637. The highest BCUT2D eigenvalue weighted by atomic mass is 16.2. The Morgan fingerprint density at radius 3 is 1.65 bits per heavy atom. The smallest absolute Gasteiger partial charge is 0.254 e. The van der Waals surface area contributed by atoms with Gasteiger partial charge in [0.2, 0.25) is 0 Å². The molecule has 43 heavy (non-hydrogen) atoms. The van der Waals surface area contributed by atoms with Crippen LogP contribution in [0.15, 0.2) is 103 Å². The lowest BCUT2D eigenvalue weighted by Crippen LogP contribution is -2.43. The number of rotatable bonds is 13. The predicted octanol–water partition coefficient (Wildman–Crippen LogP) is 8.17. The van der Waals surface area contributed by atoms with Gasteiger partial charge in [0.15, 0.2) is 0 Å². The molecule has 226 valence electrons. The summed E-state index contributed by atoms with van der Waals surface area (Å²) in [4.78, 5) is 19.3. The number of hydrogen-bond donors (Lipinski definition) is 1. The van der Waals surface area contributed by atoms with Gasteiger partial charge in [-0.1, -0.05) is 109 Å². The Hall–Kier alpha value is -3.73. The minimum absolute atomic E-state index is 0.00406. The van der Waals surface area contributed by atoms with Crippen LogP contribution in [0.5, 0.6) is 0 Å². The Bertz CT molecular complexity index is 1430. The van der Waals surface area contributed by atoms with Gasteiger partial charge < -0.3 is 10.2 Å². The average Bonchev–Trinajstić information content (AvgIpc) is 2.99. The molecule has 0 heterocycles. The number of carbonyl (C=O) groups is 1. The van der Waals surface area contributed by atoms with Crippen LogP contribution in [0.2, 0.25) is 0 Å². The first kappa shape index (κ1) is 32.2. The largest absolute Gasteiger partial charge is 0.334 e. The van der Waals surface area contributed by atoms with E-state index < -0.39 is 0 Å². The molecule has 1 amide bonds. The minimum atomic E-state index is -0.0158. The highest BCUT2D eigenvalue weighted by molar-refractivity contribution is 5.98. The normalized spacial score (nSPS) is 13.0. The van der Waals surface area contributed by atoms with Crippen molar-refractivity contribution in [2.45, 2.75) is 78.2 Å². The van der Waals surface area contributed by atoms with Gasteiger partial charge in [-0.05, 0) is 89.4 Å². The van der Waals surface area contributed by atoms with Crippen LogP contribution in [-0.2, 0) is 19.4 Å². The molecule has 0 aliphatic rings. The molecule has 4 heteroatoms. The molecule has 0 unspecified atom stereocenters. The van der Waals surface area contributed by atoms with Crippen molar-refractivity contribution in [1.29, 1.82) is 0 Å². The van der Waals surface area contributed by atoms with Gasteiger partial charge in [-0.25, -0.2) is 0 Å². The lowest BCUT2D eigenvalue weighted by Gasteiger charge is -2.36. The quantitative estimate of drug-likeness (QED) is 0.175. The second kappa shape index (κ2) is 15.1. The molecule has 0 saturated carbocycles. The average molecular weight is 576 g/mol. The SMILES string of the molecule is CN[C@H](Cc1ccccc1)c1cc(C)cc([C@H](Cc2ccccc2)N(C)Cc2ccccc2)c1C(=O)N(C(C)C)C(C)C. The summed E-state index contributed by atoms with van der Waals surface area (Å²) < 4.78 is 0. The van der Waals surface area contributed by atoms with Crippen LogP contribution in [0.4, 0.5) is 0 Å². The van der Waals surface area contributed by atoms with Crippen LogP contribution < -0.4 is 5.32 Å².